The molecule has 1 rings (SSSR count). The molecule has 0 bridgehead atoms. The number of hydrogen-bond donors (Lipinski definition) is 1. The molecule has 4 nitrogen and oxygen atoms in total. The van der Waals surface area contributed by atoms with Gasteiger partial charge in [-0.05, 0) is 20.8 Å². The molecular weight excluding hydrogens is 202 g/mol. The third-order valence-corrected chi connectivity index (χ3v) is 1.99. The van der Waals surface area contributed by atoms with Gasteiger partial charge in [0, 0.05) is 19.1 Å². The molecule has 0 aliphatic rings. The van der Waals surface area contributed by atoms with Crippen molar-refractivity contribution in [1.29, 1.82) is 0 Å². The first-order valence-corrected chi connectivity index (χ1v) is 5.26. The smallest absolute Gasteiger partial charge is 0.297 e. The van der Waals surface area contributed by atoms with Crippen LogP contribution < -0.4 is 10.2 Å². The van der Waals surface area contributed by atoms with E-state index in [1.165, 1.54) is 0 Å². The molecule has 0 saturated carbocycles. The van der Waals surface area contributed by atoms with Crippen LogP contribution in [0, 0.1) is 12.3 Å². The molecule has 0 aromatic carbocycles. The SMILES string of the molecule is C#CCN(C)c1nc(CNC(C)(C)C)co1. The van der Waals surface area contributed by atoms with Gasteiger partial charge in [-0.25, -0.2) is 0 Å². The lowest BCUT2D eigenvalue weighted by atomic mass is 10.1. The molecule has 0 aliphatic heterocycles. The van der Waals surface area contributed by atoms with Crippen LogP contribution in [0.1, 0.15) is 26.5 Å². The van der Waals surface area contributed by atoms with Crippen molar-refractivity contribution in [1.82, 2.24) is 10.3 Å². The summed E-state index contributed by atoms with van der Waals surface area (Å²) in [7, 11) is 1.85. The van der Waals surface area contributed by atoms with Gasteiger partial charge < -0.3 is 14.6 Å². The highest BCUT2D eigenvalue weighted by molar-refractivity contribution is 5.27. The Kier molecular flexibility index (Phi) is 3.97. The average molecular weight is 221 g/mol. The van der Waals surface area contributed by atoms with Crippen molar-refractivity contribution in [2.24, 2.45) is 0 Å². The minimum Gasteiger partial charge on any atom is -0.432 e. The van der Waals surface area contributed by atoms with Crippen LogP contribution in [0.15, 0.2) is 10.7 Å². The topological polar surface area (TPSA) is 41.3 Å². The van der Waals surface area contributed by atoms with Crippen LogP contribution in [0.4, 0.5) is 6.01 Å². The standard InChI is InChI=1S/C12H19N3O/c1-6-7-15(5)11-14-10(9-16-11)8-13-12(2,3)4/h1,9,13H,7-8H2,2-5H3. The highest BCUT2D eigenvalue weighted by Crippen LogP contribution is 2.12. The van der Waals surface area contributed by atoms with E-state index < -0.39 is 0 Å². The molecule has 0 atom stereocenters. The van der Waals surface area contributed by atoms with Gasteiger partial charge in [0.05, 0.1) is 12.2 Å². The molecule has 0 amide bonds. The summed E-state index contributed by atoms with van der Waals surface area (Å²) in [4.78, 5) is 6.13. The normalized spacial score (nSPS) is 11.2. The first-order valence-electron chi connectivity index (χ1n) is 5.26. The van der Waals surface area contributed by atoms with E-state index >= 15 is 0 Å². The quantitative estimate of drug-likeness (QED) is 0.785. The lowest BCUT2D eigenvalue weighted by Gasteiger charge is -2.19. The number of rotatable bonds is 4. The van der Waals surface area contributed by atoms with Gasteiger partial charge in [0.15, 0.2) is 0 Å². The van der Waals surface area contributed by atoms with Crippen LogP contribution >= 0.6 is 0 Å². The number of anilines is 1. The summed E-state index contributed by atoms with van der Waals surface area (Å²) in [5.74, 6) is 2.54. The molecule has 0 spiro atoms. The number of terminal acetylenes is 1. The average Bonchev–Trinajstić information content (AvgIpc) is 2.62. The fourth-order valence-corrected chi connectivity index (χ4v) is 1.11. The van der Waals surface area contributed by atoms with Crippen molar-refractivity contribution >= 4 is 6.01 Å². The highest BCUT2D eigenvalue weighted by Gasteiger charge is 2.12. The summed E-state index contributed by atoms with van der Waals surface area (Å²) in [5.41, 5.74) is 0.956. The van der Waals surface area contributed by atoms with Gasteiger partial charge in [0.2, 0.25) is 0 Å². The van der Waals surface area contributed by atoms with E-state index in [0.29, 0.717) is 19.1 Å². The fraction of sp³-hybridized carbons (Fsp3) is 0.583. The van der Waals surface area contributed by atoms with Gasteiger partial charge in [-0.15, -0.1) is 6.42 Å². The maximum Gasteiger partial charge on any atom is 0.297 e. The zero-order valence-corrected chi connectivity index (χ0v) is 10.4. The first kappa shape index (κ1) is 12.6. The zero-order chi connectivity index (χ0) is 12.2. The van der Waals surface area contributed by atoms with Crippen molar-refractivity contribution in [3.05, 3.63) is 12.0 Å². The Labute approximate surface area is 97.0 Å². The lowest BCUT2D eigenvalue weighted by Crippen LogP contribution is -2.35. The van der Waals surface area contributed by atoms with Crippen LogP contribution in [-0.2, 0) is 6.54 Å². The molecule has 1 aromatic rings. The van der Waals surface area contributed by atoms with E-state index in [0.717, 1.165) is 5.69 Å². The molecule has 0 fully saturated rings. The Balaban J connectivity index is 2.55. The van der Waals surface area contributed by atoms with E-state index in [2.05, 4.69) is 37.0 Å². The third-order valence-electron chi connectivity index (χ3n) is 1.99. The minimum absolute atomic E-state index is 0.0732. The highest BCUT2D eigenvalue weighted by atomic mass is 16.4. The fourth-order valence-electron chi connectivity index (χ4n) is 1.11. The summed E-state index contributed by atoms with van der Waals surface area (Å²) >= 11 is 0. The number of hydrogen-bond acceptors (Lipinski definition) is 4. The summed E-state index contributed by atoms with van der Waals surface area (Å²) in [6.07, 6.45) is 6.87. The molecule has 0 saturated heterocycles. The van der Waals surface area contributed by atoms with Crippen LogP contribution in [0.2, 0.25) is 0 Å². The van der Waals surface area contributed by atoms with E-state index in [9.17, 15) is 0 Å². The number of nitrogens with one attached hydrogen (secondary N) is 1. The molecule has 1 heterocycles. The van der Waals surface area contributed by atoms with Gasteiger partial charge in [-0.3, -0.25) is 0 Å². The van der Waals surface area contributed by atoms with Gasteiger partial charge in [-0.2, -0.15) is 4.98 Å². The maximum absolute atomic E-state index is 5.32. The molecule has 1 aromatic heterocycles. The largest absolute Gasteiger partial charge is 0.432 e. The Bertz CT molecular complexity index is 370. The number of oxazole rings is 1. The van der Waals surface area contributed by atoms with Crippen LogP contribution in [0.25, 0.3) is 0 Å². The van der Waals surface area contributed by atoms with Crippen molar-refractivity contribution in [3.63, 3.8) is 0 Å². The van der Waals surface area contributed by atoms with Crippen molar-refractivity contribution in [2.75, 3.05) is 18.5 Å². The van der Waals surface area contributed by atoms with Gasteiger partial charge in [0.1, 0.15) is 6.26 Å². The molecule has 0 unspecified atom stereocenters. The molecule has 1 N–H and O–H groups in total. The van der Waals surface area contributed by atoms with Crippen LogP contribution in [0.5, 0.6) is 0 Å². The van der Waals surface area contributed by atoms with E-state index in [4.69, 9.17) is 10.8 Å². The minimum atomic E-state index is 0.0732. The molecule has 88 valence electrons. The second kappa shape index (κ2) is 5.04. The Hall–Kier alpha value is -1.47. The monoisotopic (exact) mass is 221 g/mol. The van der Waals surface area contributed by atoms with Gasteiger partial charge in [-0.1, -0.05) is 5.92 Å². The predicted molar refractivity (Wildman–Crippen MR) is 65.2 cm³/mol. The number of aromatic nitrogens is 1. The summed E-state index contributed by atoms with van der Waals surface area (Å²) in [5, 5.41) is 3.34. The predicted octanol–water partition coefficient (Wildman–Crippen LogP) is 1.63. The first-order chi connectivity index (χ1) is 7.42. The van der Waals surface area contributed by atoms with Gasteiger partial charge >= 0.3 is 0 Å². The number of nitrogens with zero attached hydrogens (tertiary/aromatic N) is 2. The molecule has 4 heteroatoms. The summed E-state index contributed by atoms with van der Waals surface area (Å²) < 4.78 is 5.32. The van der Waals surface area contributed by atoms with E-state index in [1.54, 1.807) is 11.2 Å². The zero-order valence-electron chi connectivity index (χ0n) is 10.4. The summed E-state index contributed by atoms with van der Waals surface area (Å²) in [6, 6.07) is 0.559. The maximum atomic E-state index is 5.32. The van der Waals surface area contributed by atoms with Crippen LogP contribution in [0.3, 0.4) is 0 Å². The van der Waals surface area contributed by atoms with Crippen LogP contribution in [-0.4, -0.2) is 24.1 Å². The second-order valence-electron chi connectivity index (χ2n) is 4.79. The molecule has 0 radical (unpaired) electrons. The van der Waals surface area contributed by atoms with E-state index in [1.807, 2.05) is 7.05 Å². The third kappa shape index (κ3) is 3.95. The summed E-state index contributed by atoms with van der Waals surface area (Å²) in [6.45, 7) is 7.51. The van der Waals surface area contributed by atoms with Crippen molar-refractivity contribution in [3.8, 4) is 12.3 Å². The second-order valence-corrected chi connectivity index (χ2v) is 4.79. The van der Waals surface area contributed by atoms with Gasteiger partial charge in [0.25, 0.3) is 6.01 Å². The Morgan fingerprint density at radius 2 is 2.25 bits per heavy atom. The molecule has 16 heavy (non-hydrogen) atoms. The lowest BCUT2D eigenvalue weighted by molar-refractivity contribution is 0.421. The molecular formula is C12H19N3O. The Morgan fingerprint density at radius 3 is 2.81 bits per heavy atom. The Morgan fingerprint density at radius 1 is 1.56 bits per heavy atom. The van der Waals surface area contributed by atoms with E-state index in [-0.39, 0.29) is 5.54 Å². The molecule has 0 aliphatic carbocycles. The van der Waals surface area contributed by atoms with Crippen molar-refractivity contribution in [2.45, 2.75) is 32.9 Å². The van der Waals surface area contributed by atoms with Crippen molar-refractivity contribution < 1.29 is 4.42 Å².